The smallest absolute Gasteiger partial charge is 0.219 e. The predicted molar refractivity (Wildman–Crippen MR) is 72.1 cm³/mol. The molecule has 0 saturated heterocycles. The molecule has 0 fully saturated rings. The highest BCUT2D eigenvalue weighted by molar-refractivity contribution is 5.36. The molecule has 5 heteroatoms. The van der Waals surface area contributed by atoms with Gasteiger partial charge in [-0.3, -0.25) is 4.98 Å². The van der Waals surface area contributed by atoms with Gasteiger partial charge in [0.1, 0.15) is 5.82 Å². The van der Waals surface area contributed by atoms with Crippen LogP contribution in [-0.4, -0.2) is 14.8 Å². The molecular formula is C14H14N4O. The van der Waals surface area contributed by atoms with Gasteiger partial charge in [-0.15, -0.1) is 5.10 Å². The van der Waals surface area contributed by atoms with Crippen LogP contribution in [0.3, 0.4) is 0 Å². The predicted octanol–water partition coefficient (Wildman–Crippen LogP) is 2.78. The number of aromatic nitrogens is 3. The van der Waals surface area contributed by atoms with Gasteiger partial charge in [0.05, 0.1) is 18.5 Å². The second-order valence-electron chi connectivity index (χ2n) is 4.22. The molecule has 0 bridgehead atoms. The summed E-state index contributed by atoms with van der Waals surface area (Å²) in [5.74, 6) is 1.49. The highest BCUT2D eigenvalue weighted by Crippen LogP contribution is 2.12. The summed E-state index contributed by atoms with van der Waals surface area (Å²) in [7, 11) is 0. The number of aryl methyl sites for hydroxylation is 1. The van der Waals surface area contributed by atoms with Gasteiger partial charge < -0.3 is 9.73 Å². The Morgan fingerprint density at radius 1 is 1.26 bits per heavy atom. The molecule has 0 saturated carbocycles. The van der Waals surface area contributed by atoms with Gasteiger partial charge in [0.2, 0.25) is 5.88 Å². The number of hydrogen-bond acceptors (Lipinski definition) is 4. The number of furan rings is 1. The van der Waals surface area contributed by atoms with Gasteiger partial charge >= 0.3 is 0 Å². The van der Waals surface area contributed by atoms with Crippen molar-refractivity contribution < 1.29 is 4.42 Å². The Morgan fingerprint density at radius 3 is 3.00 bits per heavy atom. The third-order valence-electron chi connectivity index (χ3n) is 2.88. The summed E-state index contributed by atoms with van der Waals surface area (Å²) in [5, 5.41) is 7.63. The molecule has 3 heterocycles. The molecule has 0 amide bonds. The summed E-state index contributed by atoms with van der Waals surface area (Å²) in [6.45, 7) is 2.70. The Morgan fingerprint density at radius 2 is 2.21 bits per heavy atom. The molecule has 3 rings (SSSR count). The first kappa shape index (κ1) is 11.5. The van der Waals surface area contributed by atoms with Crippen LogP contribution in [0.4, 0.5) is 5.82 Å². The zero-order valence-electron chi connectivity index (χ0n) is 10.6. The molecular weight excluding hydrogens is 240 g/mol. The number of anilines is 1. The van der Waals surface area contributed by atoms with E-state index in [4.69, 9.17) is 4.42 Å². The van der Waals surface area contributed by atoms with Crippen LogP contribution in [0.2, 0.25) is 0 Å². The highest BCUT2D eigenvalue weighted by Gasteiger charge is 2.04. The van der Waals surface area contributed by atoms with Crippen LogP contribution in [0.5, 0.6) is 0 Å². The van der Waals surface area contributed by atoms with Crippen molar-refractivity contribution in [2.75, 3.05) is 5.32 Å². The fraction of sp³-hybridized carbons (Fsp3) is 0.143. The van der Waals surface area contributed by atoms with Crippen LogP contribution in [0.25, 0.3) is 5.88 Å². The first-order valence-electron chi connectivity index (χ1n) is 6.07. The molecule has 0 aliphatic carbocycles. The van der Waals surface area contributed by atoms with E-state index in [1.807, 2.05) is 43.5 Å². The lowest BCUT2D eigenvalue weighted by molar-refractivity contribution is 0.523. The molecule has 0 aliphatic heterocycles. The fourth-order valence-electron chi connectivity index (χ4n) is 1.82. The molecule has 0 aromatic carbocycles. The van der Waals surface area contributed by atoms with Crippen LogP contribution in [0, 0.1) is 6.92 Å². The summed E-state index contributed by atoms with van der Waals surface area (Å²) in [6.07, 6.45) is 5.28. The number of pyridine rings is 1. The highest BCUT2D eigenvalue weighted by atomic mass is 16.3. The van der Waals surface area contributed by atoms with Crippen molar-refractivity contribution in [3.05, 3.63) is 60.2 Å². The molecule has 3 aromatic heterocycles. The Balaban J connectivity index is 1.70. The van der Waals surface area contributed by atoms with E-state index in [1.165, 1.54) is 5.56 Å². The topological polar surface area (TPSA) is 55.9 Å². The average Bonchev–Trinajstić information content (AvgIpc) is 3.09. The standard InChI is InChI=1S/C14H14N4O/c1-11-4-2-7-15-12(11)10-16-13-6-8-18(17-13)14-5-3-9-19-14/h2-9H,10H2,1H3,(H,16,17). The first-order valence-corrected chi connectivity index (χ1v) is 6.07. The molecule has 96 valence electrons. The molecule has 1 N–H and O–H groups in total. The van der Waals surface area contributed by atoms with Crippen molar-refractivity contribution in [3.8, 4) is 5.88 Å². The Kier molecular flexibility index (Phi) is 3.02. The Labute approximate surface area is 110 Å². The molecule has 0 atom stereocenters. The van der Waals surface area contributed by atoms with E-state index in [9.17, 15) is 0 Å². The quantitative estimate of drug-likeness (QED) is 0.777. The molecule has 19 heavy (non-hydrogen) atoms. The van der Waals surface area contributed by atoms with Crippen LogP contribution < -0.4 is 5.32 Å². The molecule has 0 radical (unpaired) electrons. The SMILES string of the molecule is Cc1cccnc1CNc1ccn(-c2ccco2)n1. The lowest BCUT2D eigenvalue weighted by atomic mass is 10.2. The van der Waals surface area contributed by atoms with Crippen molar-refractivity contribution in [3.63, 3.8) is 0 Å². The lowest BCUT2D eigenvalue weighted by Crippen LogP contribution is -2.04. The summed E-state index contributed by atoms with van der Waals surface area (Å²) in [4.78, 5) is 4.33. The molecule has 0 spiro atoms. The molecule has 0 unspecified atom stereocenters. The van der Waals surface area contributed by atoms with E-state index in [2.05, 4.69) is 15.4 Å². The average molecular weight is 254 g/mol. The van der Waals surface area contributed by atoms with Gasteiger partial charge in [0, 0.05) is 24.5 Å². The van der Waals surface area contributed by atoms with Gasteiger partial charge in [-0.1, -0.05) is 6.07 Å². The van der Waals surface area contributed by atoms with E-state index in [-0.39, 0.29) is 0 Å². The fourth-order valence-corrected chi connectivity index (χ4v) is 1.82. The van der Waals surface area contributed by atoms with E-state index >= 15 is 0 Å². The van der Waals surface area contributed by atoms with Crippen LogP contribution in [0.15, 0.2) is 53.4 Å². The third-order valence-corrected chi connectivity index (χ3v) is 2.88. The minimum absolute atomic E-state index is 0.655. The van der Waals surface area contributed by atoms with Crippen LogP contribution >= 0.6 is 0 Å². The summed E-state index contributed by atoms with van der Waals surface area (Å²) in [6, 6.07) is 9.58. The minimum atomic E-state index is 0.655. The van der Waals surface area contributed by atoms with Crippen LogP contribution in [-0.2, 0) is 6.54 Å². The molecule has 5 nitrogen and oxygen atoms in total. The zero-order valence-corrected chi connectivity index (χ0v) is 10.6. The number of nitrogens with one attached hydrogen (secondary N) is 1. The van der Waals surface area contributed by atoms with Gasteiger partial charge in [-0.05, 0) is 24.6 Å². The normalized spacial score (nSPS) is 10.6. The maximum atomic E-state index is 5.28. The molecule has 0 aliphatic rings. The lowest BCUT2D eigenvalue weighted by Gasteiger charge is -2.05. The largest absolute Gasteiger partial charge is 0.447 e. The zero-order chi connectivity index (χ0) is 13.1. The van der Waals surface area contributed by atoms with Crippen molar-refractivity contribution in [2.24, 2.45) is 0 Å². The van der Waals surface area contributed by atoms with Gasteiger partial charge in [-0.2, -0.15) is 0 Å². The van der Waals surface area contributed by atoms with Gasteiger partial charge in [-0.25, -0.2) is 4.68 Å². The Hall–Kier alpha value is -2.56. The monoisotopic (exact) mass is 254 g/mol. The number of hydrogen-bond donors (Lipinski definition) is 1. The van der Waals surface area contributed by atoms with Gasteiger partial charge in [0.25, 0.3) is 0 Å². The number of nitrogens with zero attached hydrogens (tertiary/aromatic N) is 3. The van der Waals surface area contributed by atoms with E-state index < -0.39 is 0 Å². The van der Waals surface area contributed by atoms with E-state index in [0.717, 1.165) is 11.5 Å². The van der Waals surface area contributed by atoms with Crippen LogP contribution in [0.1, 0.15) is 11.3 Å². The summed E-state index contributed by atoms with van der Waals surface area (Å²) in [5.41, 5.74) is 2.19. The molecule has 3 aromatic rings. The minimum Gasteiger partial charge on any atom is -0.447 e. The maximum absolute atomic E-state index is 5.28. The summed E-state index contributed by atoms with van der Waals surface area (Å²) < 4.78 is 6.96. The van der Waals surface area contributed by atoms with E-state index in [0.29, 0.717) is 12.4 Å². The first-order chi connectivity index (χ1) is 9.33. The van der Waals surface area contributed by atoms with Crippen molar-refractivity contribution in [1.82, 2.24) is 14.8 Å². The maximum Gasteiger partial charge on any atom is 0.219 e. The Bertz CT molecular complexity index is 658. The van der Waals surface area contributed by atoms with Crippen molar-refractivity contribution in [2.45, 2.75) is 13.5 Å². The second-order valence-corrected chi connectivity index (χ2v) is 4.22. The van der Waals surface area contributed by atoms with Gasteiger partial charge in [0.15, 0.2) is 0 Å². The summed E-state index contributed by atoms with van der Waals surface area (Å²) >= 11 is 0. The van der Waals surface area contributed by atoms with Crippen molar-refractivity contribution >= 4 is 5.82 Å². The van der Waals surface area contributed by atoms with Crippen molar-refractivity contribution in [1.29, 1.82) is 0 Å². The van der Waals surface area contributed by atoms with E-state index in [1.54, 1.807) is 17.1 Å². The second kappa shape index (κ2) is 4.97. The third kappa shape index (κ3) is 2.49. The number of rotatable bonds is 4.